The molecule has 744 valence electrons. The van der Waals surface area contributed by atoms with Gasteiger partial charge in [-0.3, -0.25) is 0 Å². The zero-order chi connectivity index (χ0) is 93.2. The number of aromatic hydroxyl groups is 1. The Morgan fingerprint density at radius 1 is 0.405 bits per heavy atom. The van der Waals surface area contributed by atoms with Gasteiger partial charge in [-0.05, 0) is 226 Å². The summed E-state index contributed by atoms with van der Waals surface area (Å²) in [5, 5.41) is 48.2. The van der Waals surface area contributed by atoms with Crippen molar-refractivity contribution >= 4 is 0 Å². The molecule has 1 aromatic rings. The molecule has 0 aromatic heterocycles. The van der Waals surface area contributed by atoms with Gasteiger partial charge in [0, 0.05) is 6.61 Å². The van der Waals surface area contributed by atoms with Gasteiger partial charge in [-0.2, -0.15) is 0 Å². The first-order valence-corrected chi connectivity index (χ1v) is 55.5. The predicted molar refractivity (Wildman–Crippen MR) is 545 cm³/mol. The second-order valence-electron chi connectivity index (χ2n) is 46.2. The minimum Gasteiger partial charge on any atom is -0.504 e. The maximum atomic E-state index is 12.7. The molecule has 2 aliphatic rings. The van der Waals surface area contributed by atoms with Crippen LogP contribution in [0.2, 0.25) is 0 Å². The Balaban J connectivity index is 2.06. The van der Waals surface area contributed by atoms with E-state index in [1.165, 1.54) is 231 Å². The molecular weight excluding hydrogens is 1550 g/mol. The predicted octanol–water partition coefficient (Wildman–Crippen LogP) is 35.2. The van der Waals surface area contributed by atoms with E-state index in [0.717, 1.165) is 189 Å². The fraction of sp³-hybridized carbons (Fsp3) is 0.931. The van der Waals surface area contributed by atoms with Crippen LogP contribution in [-0.4, -0.2) is 93.2 Å². The van der Waals surface area contributed by atoms with E-state index in [9.17, 15) is 20.4 Å². The average molecular weight is 1780 g/mol. The molecule has 2 aliphatic heterocycles. The normalized spacial score (nSPS) is 21.4. The minimum absolute atomic E-state index is 0.0747. The van der Waals surface area contributed by atoms with Crippen LogP contribution in [0.3, 0.4) is 0 Å². The third kappa shape index (κ3) is 53.4. The Hall–Kier alpha value is -1.92. The maximum Gasteiger partial charge on any atom is 0.203 e. The molecule has 0 bridgehead atoms. The third-order valence-electron chi connectivity index (χ3n) is 30.7. The monoisotopic (exact) mass is 1770 g/mol. The second kappa shape index (κ2) is 69.0. The zero-order valence-electron chi connectivity index (χ0n) is 88.4. The fourth-order valence-electron chi connectivity index (χ4n) is 21.5. The number of phenolic OH excluding ortho intramolecular Hbond substituents is 1. The first-order chi connectivity index (χ1) is 60.1. The smallest absolute Gasteiger partial charge is 0.203 e. The van der Waals surface area contributed by atoms with Crippen molar-refractivity contribution in [3.05, 3.63) is 29.8 Å². The van der Waals surface area contributed by atoms with Gasteiger partial charge < -0.3 is 48.8 Å². The van der Waals surface area contributed by atoms with Crippen LogP contribution in [0.5, 0.6) is 17.2 Å². The Morgan fingerprint density at radius 3 is 1.21 bits per heavy atom. The Labute approximate surface area is 785 Å². The summed E-state index contributed by atoms with van der Waals surface area (Å²) in [6, 6.07) is 3.46. The van der Waals surface area contributed by atoms with Crippen LogP contribution in [0.4, 0.5) is 0 Å². The molecule has 2 heterocycles. The number of rotatable bonds is 83. The molecule has 10 nitrogen and oxygen atoms in total. The van der Waals surface area contributed by atoms with Crippen LogP contribution in [0.25, 0.3) is 0 Å². The molecule has 0 saturated carbocycles. The van der Waals surface area contributed by atoms with E-state index in [0.29, 0.717) is 60.9 Å². The zero-order valence-corrected chi connectivity index (χ0v) is 88.4. The van der Waals surface area contributed by atoms with E-state index in [1.807, 2.05) is 6.07 Å². The molecule has 4 N–H and O–H groups in total. The lowest BCUT2D eigenvalue weighted by atomic mass is 9.78. The van der Waals surface area contributed by atoms with Crippen LogP contribution in [0.15, 0.2) is 24.3 Å². The topological polar surface area (TPSA) is 136 Å². The molecule has 1 aromatic carbocycles. The summed E-state index contributed by atoms with van der Waals surface area (Å²) >= 11 is 0. The van der Waals surface area contributed by atoms with Crippen molar-refractivity contribution in [2.45, 2.75) is 609 Å². The van der Waals surface area contributed by atoms with E-state index in [1.54, 1.807) is 13.2 Å². The lowest BCUT2D eigenvalue weighted by Crippen LogP contribution is -2.60. The quantitative estimate of drug-likeness (QED) is 0.0369. The summed E-state index contributed by atoms with van der Waals surface area (Å²) in [5.41, 5.74) is -2.12. The van der Waals surface area contributed by atoms with Crippen molar-refractivity contribution in [3.63, 3.8) is 0 Å². The van der Waals surface area contributed by atoms with Gasteiger partial charge in [-0.1, -0.05) is 419 Å². The summed E-state index contributed by atoms with van der Waals surface area (Å²) in [5.74, 6) is 9.29. The van der Waals surface area contributed by atoms with Crippen LogP contribution < -0.4 is 9.47 Å². The minimum atomic E-state index is -0.927. The van der Waals surface area contributed by atoms with Crippen LogP contribution in [0, 0.1) is 71.0 Å². The number of methoxy groups -OCH3 is 1. The highest BCUT2D eigenvalue weighted by molar-refractivity contribution is 5.53. The molecular formula is C116H220O10. The van der Waals surface area contributed by atoms with Gasteiger partial charge in [0.1, 0.15) is 6.10 Å². The summed E-state index contributed by atoms with van der Waals surface area (Å²) in [6.07, 6.45) is 71.3. The van der Waals surface area contributed by atoms with Gasteiger partial charge in [0.25, 0.3) is 0 Å². The molecule has 2 saturated heterocycles. The van der Waals surface area contributed by atoms with Crippen LogP contribution in [-0.2, 0) is 18.9 Å². The molecule has 0 aliphatic carbocycles. The lowest BCUT2D eigenvalue weighted by molar-refractivity contribution is -0.287. The van der Waals surface area contributed by atoms with Crippen LogP contribution >= 0.6 is 0 Å². The molecule has 0 amide bonds. The van der Waals surface area contributed by atoms with E-state index in [-0.39, 0.29) is 35.9 Å². The van der Waals surface area contributed by atoms with Gasteiger partial charge in [0.05, 0.1) is 66.1 Å². The largest absolute Gasteiger partial charge is 0.504 e. The standard InChI is InChI=1S/C116H220O10/c1-24-26-28-30-32-33-34-35-36-37-39-40-76-103(117)102-88-105(119)112(107(89-102)121-23)123-106(104(118)77-41-38-31-29-27-25-2)78-42-43-87-122-109-80-82-111(125-114(109,20)84-53-73-99(16)69-49-65-95(12)61-45-57-91(5)6)116(22,86-55-75-101(18)71-51-67-97(14)63-47-59-93(9)10)126-115(21,85-54-74-100(17)70-50-66-96(13)62-46-58-92(7)8)110-81-79-108(124-110)113(19,120)83-52-72-98(15)68-48-64-94(11)60-44-56-90(3)4/h35-36,88-101,103-104,106,108-111,117-120H,24-34,37-87H2,1-23H3. The van der Waals surface area contributed by atoms with E-state index in [2.05, 4.69) is 164 Å². The van der Waals surface area contributed by atoms with Gasteiger partial charge in [-0.25, -0.2) is 0 Å². The molecule has 10 heteroatoms. The van der Waals surface area contributed by atoms with E-state index < -0.39 is 40.7 Å². The molecule has 2 fully saturated rings. The summed E-state index contributed by atoms with van der Waals surface area (Å²) in [4.78, 5) is 0. The van der Waals surface area contributed by atoms with Crippen molar-refractivity contribution in [1.29, 1.82) is 0 Å². The van der Waals surface area contributed by atoms with Crippen molar-refractivity contribution in [1.82, 2.24) is 0 Å². The SMILES string of the molecule is CCCCCCCCC=CCCCCC(O)c1cc(O)c(OC(CCCCOC2CCC(C(C)(CCCC(C)CCCC(C)CCCC(C)C)OC(C)(CCCC(C)CCCC(C)CCCC(C)C)C3CCC(C(C)(O)CCCC(C)CCCC(C)CCCC(C)C)O3)OC2(C)CCCC(C)CCCC(C)CCCC(C)C)C(O)CCCCCCCC)c(OC)c1. The third-order valence-corrected chi connectivity index (χ3v) is 30.7. The summed E-state index contributed by atoms with van der Waals surface area (Å²) in [7, 11) is 1.60. The Morgan fingerprint density at radius 2 is 0.770 bits per heavy atom. The van der Waals surface area contributed by atoms with Gasteiger partial charge in [-0.15, -0.1) is 0 Å². The average Bonchev–Trinajstić information content (AvgIpc) is 1.29. The molecule has 19 unspecified atom stereocenters. The number of benzene rings is 1. The number of aliphatic hydroxyl groups excluding tert-OH is 2. The molecule has 0 radical (unpaired) electrons. The fourth-order valence-corrected chi connectivity index (χ4v) is 21.5. The number of aliphatic hydroxyl groups is 3. The molecule has 0 spiro atoms. The van der Waals surface area contributed by atoms with Crippen molar-refractivity contribution in [3.8, 4) is 17.2 Å². The molecule has 126 heavy (non-hydrogen) atoms. The maximum absolute atomic E-state index is 12.7. The van der Waals surface area contributed by atoms with E-state index >= 15 is 0 Å². The number of hydrogen-bond donors (Lipinski definition) is 4. The number of unbranched alkanes of at least 4 members (excludes halogenated alkanes) is 14. The number of allylic oxidation sites excluding steroid dienone is 2. The van der Waals surface area contributed by atoms with Gasteiger partial charge >= 0.3 is 0 Å². The van der Waals surface area contributed by atoms with E-state index in [4.69, 9.17) is 28.4 Å². The van der Waals surface area contributed by atoms with Gasteiger partial charge in [0.2, 0.25) is 5.75 Å². The first kappa shape index (κ1) is 118. The van der Waals surface area contributed by atoms with Crippen molar-refractivity contribution in [2.75, 3.05) is 13.7 Å². The van der Waals surface area contributed by atoms with Crippen LogP contribution in [0.1, 0.15) is 556 Å². The highest BCUT2D eigenvalue weighted by atomic mass is 16.6. The number of hydrogen-bond acceptors (Lipinski definition) is 10. The Bertz CT molecular complexity index is 2740. The molecule has 19 atom stereocenters. The highest BCUT2D eigenvalue weighted by Gasteiger charge is 2.54. The number of phenols is 1. The number of ether oxygens (including phenoxy) is 6. The van der Waals surface area contributed by atoms with Crippen molar-refractivity contribution < 1.29 is 48.8 Å². The Kier molecular flexibility index (Phi) is 64.7. The highest BCUT2D eigenvalue weighted by Crippen LogP contribution is 2.49. The summed E-state index contributed by atoms with van der Waals surface area (Å²) < 4.78 is 44.1. The van der Waals surface area contributed by atoms with Gasteiger partial charge in [0.15, 0.2) is 11.5 Å². The lowest BCUT2D eigenvalue weighted by Gasteiger charge is -2.53. The second-order valence-corrected chi connectivity index (χ2v) is 46.2. The molecule has 3 rings (SSSR count). The first-order valence-electron chi connectivity index (χ1n) is 55.5. The van der Waals surface area contributed by atoms with Crippen molar-refractivity contribution in [2.24, 2.45) is 71.0 Å². The summed E-state index contributed by atoms with van der Waals surface area (Å²) in [6.45, 7) is 53.2.